The van der Waals surface area contributed by atoms with E-state index in [2.05, 4.69) is 5.16 Å². The molecule has 3 heterocycles. The van der Waals surface area contributed by atoms with Gasteiger partial charge in [0, 0.05) is 30.0 Å². The molecule has 20 heavy (non-hydrogen) atoms. The van der Waals surface area contributed by atoms with Crippen molar-refractivity contribution >= 4 is 28.8 Å². The van der Waals surface area contributed by atoms with E-state index in [0.717, 1.165) is 34.9 Å². The lowest BCUT2D eigenvalue weighted by Crippen LogP contribution is -2.35. The number of thiophene rings is 1. The molecule has 1 saturated carbocycles. The van der Waals surface area contributed by atoms with Crippen LogP contribution in [0, 0.1) is 0 Å². The van der Waals surface area contributed by atoms with Crippen molar-refractivity contribution in [2.24, 2.45) is 0 Å². The smallest absolute Gasteiger partial charge is 0.276 e. The highest BCUT2D eigenvalue weighted by molar-refractivity contribution is 7.16. The van der Waals surface area contributed by atoms with Crippen molar-refractivity contribution in [3.05, 3.63) is 38.4 Å². The minimum Gasteiger partial charge on any atom is -0.360 e. The molecule has 1 aliphatic carbocycles. The van der Waals surface area contributed by atoms with Gasteiger partial charge in [-0.2, -0.15) is 0 Å². The number of amides is 1. The molecule has 0 radical (unpaired) electrons. The maximum Gasteiger partial charge on any atom is 0.276 e. The van der Waals surface area contributed by atoms with Crippen LogP contribution in [0.25, 0.3) is 0 Å². The van der Waals surface area contributed by atoms with E-state index in [4.69, 9.17) is 16.1 Å². The van der Waals surface area contributed by atoms with E-state index in [1.165, 1.54) is 4.88 Å². The first-order valence-corrected chi connectivity index (χ1v) is 7.93. The fraction of sp³-hybridized carbons (Fsp3) is 0.429. The monoisotopic (exact) mass is 308 g/mol. The zero-order chi connectivity index (χ0) is 13.7. The van der Waals surface area contributed by atoms with Crippen LogP contribution < -0.4 is 0 Å². The van der Waals surface area contributed by atoms with Gasteiger partial charge in [0.05, 0.1) is 4.34 Å². The summed E-state index contributed by atoms with van der Waals surface area (Å²) in [6.45, 7) is 1.33. The Morgan fingerprint density at radius 2 is 2.30 bits per heavy atom. The standard InChI is InChI=1S/C14H13ClN2O2S/c15-13-5-9-7-17(4-3-12(9)20-13)14(18)10-6-11(19-16-10)8-1-2-8/h5-6,8H,1-4,7H2. The van der Waals surface area contributed by atoms with Gasteiger partial charge < -0.3 is 9.42 Å². The third-order valence-electron chi connectivity index (χ3n) is 3.85. The van der Waals surface area contributed by atoms with Gasteiger partial charge in [-0.25, -0.2) is 0 Å². The molecular formula is C14H13ClN2O2S. The molecule has 2 aromatic heterocycles. The number of rotatable bonds is 2. The number of fused-ring (bicyclic) bond motifs is 1. The summed E-state index contributed by atoms with van der Waals surface area (Å²) in [5.41, 5.74) is 1.59. The van der Waals surface area contributed by atoms with Gasteiger partial charge >= 0.3 is 0 Å². The summed E-state index contributed by atoms with van der Waals surface area (Å²) in [6, 6.07) is 3.76. The Morgan fingerprint density at radius 3 is 3.10 bits per heavy atom. The van der Waals surface area contributed by atoms with Crippen LogP contribution in [-0.2, 0) is 13.0 Å². The molecule has 2 aliphatic rings. The summed E-state index contributed by atoms with van der Waals surface area (Å²) in [5.74, 6) is 1.28. The van der Waals surface area contributed by atoms with Crippen LogP contribution in [0.2, 0.25) is 4.34 Å². The normalized spacial score (nSPS) is 18.1. The van der Waals surface area contributed by atoms with Crippen LogP contribution in [0.1, 0.15) is 45.4 Å². The van der Waals surface area contributed by atoms with Crippen molar-refractivity contribution in [1.29, 1.82) is 0 Å². The van der Waals surface area contributed by atoms with E-state index in [1.54, 1.807) is 17.4 Å². The number of nitrogens with zero attached hydrogens (tertiary/aromatic N) is 2. The second-order valence-electron chi connectivity index (χ2n) is 5.36. The van der Waals surface area contributed by atoms with Crippen LogP contribution in [-0.4, -0.2) is 22.5 Å². The maximum absolute atomic E-state index is 12.4. The predicted molar refractivity (Wildman–Crippen MR) is 76.3 cm³/mol. The molecule has 0 bridgehead atoms. The summed E-state index contributed by atoms with van der Waals surface area (Å²) in [4.78, 5) is 15.6. The van der Waals surface area contributed by atoms with Gasteiger partial charge in [-0.3, -0.25) is 4.79 Å². The van der Waals surface area contributed by atoms with E-state index in [0.29, 0.717) is 24.7 Å². The summed E-state index contributed by atoms with van der Waals surface area (Å²) in [7, 11) is 0. The predicted octanol–water partition coefficient (Wildman–Crippen LogP) is 3.47. The van der Waals surface area contributed by atoms with Crippen molar-refractivity contribution in [3.8, 4) is 0 Å². The van der Waals surface area contributed by atoms with Crippen molar-refractivity contribution < 1.29 is 9.32 Å². The average molecular weight is 309 g/mol. The molecule has 6 heteroatoms. The number of hydrogen-bond acceptors (Lipinski definition) is 4. The van der Waals surface area contributed by atoms with Crippen LogP contribution in [0.5, 0.6) is 0 Å². The summed E-state index contributed by atoms with van der Waals surface area (Å²) >= 11 is 7.64. The largest absolute Gasteiger partial charge is 0.360 e. The first-order valence-electron chi connectivity index (χ1n) is 6.73. The molecule has 0 atom stereocenters. The molecule has 4 rings (SSSR count). The average Bonchev–Trinajstić information content (AvgIpc) is 3.05. The lowest BCUT2D eigenvalue weighted by atomic mass is 10.1. The number of carbonyl (C=O) groups is 1. The lowest BCUT2D eigenvalue weighted by Gasteiger charge is -2.25. The van der Waals surface area contributed by atoms with Crippen LogP contribution in [0.4, 0.5) is 0 Å². The molecule has 4 nitrogen and oxygen atoms in total. The Hall–Kier alpha value is -1.33. The van der Waals surface area contributed by atoms with Crippen LogP contribution in [0.15, 0.2) is 16.7 Å². The Balaban J connectivity index is 1.53. The van der Waals surface area contributed by atoms with Crippen molar-refractivity contribution in [3.63, 3.8) is 0 Å². The van der Waals surface area contributed by atoms with Gasteiger partial charge in [-0.1, -0.05) is 16.8 Å². The van der Waals surface area contributed by atoms with Gasteiger partial charge in [0.25, 0.3) is 5.91 Å². The highest BCUT2D eigenvalue weighted by atomic mass is 35.5. The molecule has 104 valence electrons. The quantitative estimate of drug-likeness (QED) is 0.853. The number of halogens is 1. The van der Waals surface area contributed by atoms with E-state index < -0.39 is 0 Å². The molecular weight excluding hydrogens is 296 g/mol. The van der Waals surface area contributed by atoms with Crippen molar-refractivity contribution in [2.75, 3.05) is 6.54 Å². The maximum atomic E-state index is 12.4. The fourth-order valence-electron chi connectivity index (χ4n) is 2.58. The first kappa shape index (κ1) is 12.4. The second kappa shape index (κ2) is 4.60. The van der Waals surface area contributed by atoms with E-state index >= 15 is 0 Å². The Kier molecular flexibility index (Phi) is 2.86. The molecule has 1 amide bonds. The van der Waals surface area contributed by atoms with Gasteiger partial charge in [0.1, 0.15) is 5.76 Å². The number of hydrogen-bond donors (Lipinski definition) is 0. The molecule has 0 N–H and O–H groups in total. The van der Waals surface area contributed by atoms with Crippen molar-refractivity contribution in [2.45, 2.75) is 31.7 Å². The molecule has 1 aliphatic heterocycles. The summed E-state index contributed by atoms with van der Waals surface area (Å²) < 4.78 is 6.05. The number of carbonyl (C=O) groups excluding carboxylic acids is 1. The molecule has 0 saturated heterocycles. The summed E-state index contributed by atoms with van der Waals surface area (Å²) in [6.07, 6.45) is 3.15. The minimum absolute atomic E-state index is 0.0476. The Morgan fingerprint density at radius 1 is 1.45 bits per heavy atom. The number of aromatic nitrogens is 1. The Labute approximate surface area is 125 Å². The minimum atomic E-state index is -0.0476. The van der Waals surface area contributed by atoms with Gasteiger partial charge in [0.15, 0.2) is 5.69 Å². The topological polar surface area (TPSA) is 46.3 Å². The fourth-order valence-corrected chi connectivity index (χ4v) is 3.88. The van der Waals surface area contributed by atoms with Gasteiger partial charge in [0.2, 0.25) is 0 Å². The SMILES string of the molecule is O=C(c1cc(C2CC2)on1)N1CCc2sc(Cl)cc2C1. The molecule has 0 spiro atoms. The van der Waals surface area contributed by atoms with Crippen LogP contribution >= 0.6 is 22.9 Å². The molecule has 0 aromatic carbocycles. The van der Waals surface area contributed by atoms with Gasteiger partial charge in [-0.05, 0) is 30.9 Å². The van der Waals surface area contributed by atoms with E-state index in [-0.39, 0.29) is 5.91 Å². The Bertz CT molecular complexity index is 675. The lowest BCUT2D eigenvalue weighted by molar-refractivity contribution is 0.0725. The highest BCUT2D eigenvalue weighted by Gasteiger charge is 2.30. The zero-order valence-corrected chi connectivity index (χ0v) is 12.3. The van der Waals surface area contributed by atoms with Gasteiger partial charge in [-0.15, -0.1) is 11.3 Å². The highest BCUT2D eigenvalue weighted by Crippen LogP contribution is 2.40. The third-order valence-corrected chi connectivity index (χ3v) is 5.22. The molecule has 1 fully saturated rings. The molecule has 0 unspecified atom stereocenters. The molecule has 2 aromatic rings. The second-order valence-corrected chi connectivity index (χ2v) is 7.13. The zero-order valence-electron chi connectivity index (χ0n) is 10.8. The van der Waals surface area contributed by atoms with E-state index in [1.807, 2.05) is 11.0 Å². The van der Waals surface area contributed by atoms with E-state index in [9.17, 15) is 4.79 Å². The van der Waals surface area contributed by atoms with Crippen molar-refractivity contribution in [1.82, 2.24) is 10.1 Å². The summed E-state index contributed by atoms with van der Waals surface area (Å²) in [5, 5.41) is 3.92. The van der Waals surface area contributed by atoms with Crippen LogP contribution in [0.3, 0.4) is 0 Å². The third kappa shape index (κ3) is 2.15. The first-order chi connectivity index (χ1) is 9.70.